The highest BCUT2D eigenvalue weighted by Crippen LogP contribution is 2.43. The molecule has 0 saturated carbocycles. The fraction of sp³-hybridized carbons (Fsp3) is 0.381. The first kappa shape index (κ1) is 22.3. The minimum atomic E-state index is -1.70. The number of esters is 1. The molecule has 11 nitrogen and oxygen atoms in total. The van der Waals surface area contributed by atoms with Crippen molar-refractivity contribution in [2.24, 2.45) is 0 Å². The summed E-state index contributed by atoms with van der Waals surface area (Å²) in [4.78, 5) is 12.4. The van der Waals surface area contributed by atoms with Crippen molar-refractivity contribution in [2.75, 3.05) is 6.61 Å². The third kappa shape index (κ3) is 3.75. The molecule has 2 aliphatic heterocycles. The highest BCUT2D eigenvalue weighted by Gasteiger charge is 2.45. The van der Waals surface area contributed by atoms with Crippen LogP contribution in [-0.2, 0) is 9.47 Å². The maximum absolute atomic E-state index is 12.4. The summed E-state index contributed by atoms with van der Waals surface area (Å²) in [5.74, 6) is -1.81. The number of carbonyl (C=O) groups is 1. The molecule has 7 unspecified atom stereocenters. The van der Waals surface area contributed by atoms with E-state index < -0.39 is 55.5 Å². The van der Waals surface area contributed by atoms with Crippen molar-refractivity contribution in [2.45, 2.75) is 42.9 Å². The van der Waals surface area contributed by atoms with Crippen LogP contribution in [0.25, 0.3) is 0 Å². The number of ether oxygens (including phenoxy) is 3. The highest BCUT2D eigenvalue weighted by molar-refractivity contribution is 5.95. The first-order chi connectivity index (χ1) is 15.2. The van der Waals surface area contributed by atoms with E-state index in [4.69, 9.17) is 14.2 Å². The van der Waals surface area contributed by atoms with E-state index in [0.717, 1.165) is 0 Å². The smallest absolute Gasteiger partial charge is 0.343 e. The maximum Gasteiger partial charge on any atom is 0.343 e. The number of hydrogen-bond acceptors (Lipinski definition) is 11. The molecule has 7 N–H and O–H groups in total. The Kier molecular flexibility index (Phi) is 5.95. The molecule has 32 heavy (non-hydrogen) atoms. The van der Waals surface area contributed by atoms with Gasteiger partial charge < -0.3 is 50.0 Å². The zero-order valence-electron chi connectivity index (χ0n) is 16.5. The van der Waals surface area contributed by atoms with Crippen LogP contribution in [0.2, 0.25) is 0 Å². The molecule has 11 heteroatoms. The molecule has 4 rings (SSSR count). The Hall–Kier alpha value is -2.93. The second-order valence-corrected chi connectivity index (χ2v) is 7.55. The molecule has 0 spiro atoms. The van der Waals surface area contributed by atoms with Crippen molar-refractivity contribution in [1.82, 2.24) is 0 Å². The van der Waals surface area contributed by atoms with Crippen LogP contribution in [0.1, 0.15) is 33.7 Å². The molecule has 0 aromatic heterocycles. The first-order valence-electron chi connectivity index (χ1n) is 9.74. The van der Waals surface area contributed by atoms with Crippen LogP contribution in [0.3, 0.4) is 0 Å². The number of benzene rings is 2. The number of carbonyl (C=O) groups excluding carboxylic acids is 1. The summed E-state index contributed by atoms with van der Waals surface area (Å²) in [5.41, 5.74) is 0.237. The number of aliphatic hydroxyl groups excluding tert-OH is 5. The second kappa shape index (κ2) is 8.54. The Morgan fingerprint density at radius 3 is 2.41 bits per heavy atom. The molecule has 2 aromatic rings. The van der Waals surface area contributed by atoms with E-state index in [1.54, 1.807) is 0 Å². The predicted molar refractivity (Wildman–Crippen MR) is 104 cm³/mol. The lowest BCUT2D eigenvalue weighted by Crippen LogP contribution is -2.60. The van der Waals surface area contributed by atoms with Crippen molar-refractivity contribution in [3.63, 3.8) is 0 Å². The van der Waals surface area contributed by atoms with Crippen molar-refractivity contribution in [3.05, 3.63) is 53.1 Å². The number of aliphatic hydroxyl groups is 5. The van der Waals surface area contributed by atoms with E-state index in [0.29, 0.717) is 0 Å². The fourth-order valence-electron chi connectivity index (χ4n) is 3.77. The summed E-state index contributed by atoms with van der Waals surface area (Å²) < 4.78 is 16.0. The molecule has 0 bridgehead atoms. The van der Waals surface area contributed by atoms with Crippen molar-refractivity contribution >= 4 is 5.97 Å². The van der Waals surface area contributed by atoms with Crippen LogP contribution < -0.4 is 4.74 Å². The maximum atomic E-state index is 12.4. The molecular formula is C21H22O11. The highest BCUT2D eigenvalue weighted by atomic mass is 16.7. The van der Waals surface area contributed by atoms with Gasteiger partial charge in [0.05, 0.1) is 6.61 Å². The Bertz CT molecular complexity index is 1010. The van der Waals surface area contributed by atoms with Crippen LogP contribution in [-0.4, -0.2) is 79.0 Å². The monoisotopic (exact) mass is 450 g/mol. The lowest BCUT2D eigenvalue weighted by Gasteiger charge is -2.39. The Balaban J connectivity index is 1.62. The molecule has 1 saturated heterocycles. The fourth-order valence-corrected chi connectivity index (χ4v) is 3.77. The summed E-state index contributed by atoms with van der Waals surface area (Å²) >= 11 is 0. The molecule has 7 atom stereocenters. The number of cyclic esters (lactones) is 1. The first-order valence-corrected chi connectivity index (χ1v) is 9.74. The standard InChI is InChI=1S/C21H22O11/c22-7-13-16(26)17(27)18(28)21(31-13)30-12-6-8(4-5-10(12)23)19-15(25)9-2-1-3-11(24)14(9)20(29)32-19/h1-6,13,15-19,21-28H,7H2. The largest absolute Gasteiger partial charge is 0.507 e. The van der Waals surface area contributed by atoms with Gasteiger partial charge in [0.25, 0.3) is 0 Å². The van der Waals surface area contributed by atoms with E-state index in [2.05, 4.69) is 0 Å². The third-order valence-corrected chi connectivity index (χ3v) is 5.52. The van der Waals surface area contributed by atoms with Gasteiger partial charge >= 0.3 is 5.97 Å². The summed E-state index contributed by atoms with van der Waals surface area (Å²) in [6.07, 6.45) is -10.3. The lowest BCUT2D eigenvalue weighted by molar-refractivity contribution is -0.277. The Labute approximate surface area is 181 Å². The van der Waals surface area contributed by atoms with Gasteiger partial charge in [-0.1, -0.05) is 18.2 Å². The minimum Gasteiger partial charge on any atom is -0.507 e. The van der Waals surface area contributed by atoms with Gasteiger partial charge in [-0.25, -0.2) is 4.79 Å². The minimum absolute atomic E-state index is 0.146. The van der Waals surface area contributed by atoms with Gasteiger partial charge in [0, 0.05) is 5.56 Å². The third-order valence-electron chi connectivity index (χ3n) is 5.52. The van der Waals surface area contributed by atoms with Gasteiger partial charge in [0.1, 0.15) is 41.8 Å². The molecule has 2 heterocycles. The van der Waals surface area contributed by atoms with Crippen LogP contribution in [0, 0.1) is 0 Å². The molecular weight excluding hydrogens is 428 g/mol. The predicted octanol–water partition coefficient (Wildman–Crippen LogP) is -0.778. The molecule has 172 valence electrons. The van der Waals surface area contributed by atoms with Gasteiger partial charge in [-0.3, -0.25) is 0 Å². The van der Waals surface area contributed by atoms with Gasteiger partial charge in [-0.2, -0.15) is 0 Å². The summed E-state index contributed by atoms with van der Waals surface area (Å²) in [5, 5.41) is 70.0. The SMILES string of the molecule is O=C1OC(c2ccc(O)c(OC3OC(CO)C(O)C(O)C3O)c2)C(O)c2cccc(O)c21. The molecule has 1 fully saturated rings. The van der Waals surface area contributed by atoms with E-state index in [9.17, 15) is 40.5 Å². The summed E-state index contributed by atoms with van der Waals surface area (Å²) in [6.45, 7) is -0.659. The van der Waals surface area contributed by atoms with Gasteiger partial charge in [-0.15, -0.1) is 0 Å². The van der Waals surface area contributed by atoms with Gasteiger partial charge in [0.15, 0.2) is 17.6 Å². The zero-order chi connectivity index (χ0) is 23.2. The Morgan fingerprint density at radius 1 is 0.938 bits per heavy atom. The van der Waals surface area contributed by atoms with E-state index in [-0.39, 0.29) is 33.9 Å². The van der Waals surface area contributed by atoms with Crippen molar-refractivity contribution in [1.29, 1.82) is 0 Å². The van der Waals surface area contributed by atoms with Crippen LogP contribution in [0.4, 0.5) is 0 Å². The lowest BCUT2D eigenvalue weighted by atomic mass is 9.91. The molecule has 2 aliphatic rings. The van der Waals surface area contributed by atoms with E-state index >= 15 is 0 Å². The van der Waals surface area contributed by atoms with Crippen molar-refractivity contribution < 1.29 is 54.8 Å². The normalized spacial score (nSPS) is 32.2. The van der Waals surface area contributed by atoms with Crippen LogP contribution >= 0.6 is 0 Å². The van der Waals surface area contributed by atoms with Crippen molar-refractivity contribution in [3.8, 4) is 17.2 Å². The van der Waals surface area contributed by atoms with E-state index in [1.807, 2.05) is 0 Å². The quantitative estimate of drug-likeness (QED) is 0.290. The summed E-state index contributed by atoms with van der Waals surface area (Å²) in [7, 11) is 0. The second-order valence-electron chi connectivity index (χ2n) is 7.55. The van der Waals surface area contributed by atoms with E-state index in [1.165, 1.54) is 36.4 Å². The molecule has 2 aromatic carbocycles. The van der Waals surface area contributed by atoms with Crippen LogP contribution in [0.15, 0.2) is 36.4 Å². The topological polar surface area (TPSA) is 186 Å². The molecule has 0 aliphatic carbocycles. The number of aromatic hydroxyl groups is 2. The number of hydrogen-bond donors (Lipinski definition) is 7. The van der Waals surface area contributed by atoms with Gasteiger partial charge in [-0.05, 0) is 23.8 Å². The summed E-state index contributed by atoms with van der Waals surface area (Å²) in [6, 6.07) is 8.06. The Morgan fingerprint density at radius 2 is 1.69 bits per heavy atom. The van der Waals surface area contributed by atoms with Crippen LogP contribution in [0.5, 0.6) is 17.2 Å². The number of fused-ring (bicyclic) bond motifs is 1. The van der Waals surface area contributed by atoms with Gasteiger partial charge in [0.2, 0.25) is 6.29 Å². The number of phenols is 2. The number of phenolic OH excluding ortho intramolecular Hbond substituents is 2. The molecule has 0 amide bonds. The number of rotatable bonds is 4. The average molecular weight is 450 g/mol. The molecule has 0 radical (unpaired) electrons. The average Bonchev–Trinajstić information content (AvgIpc) is 2.78. The zero-order valence-corrected chi connectivity index (χ0v) is 16.5.